The Morgan fingerprint density at radius 2 is 2.11 bits per heavy atom. The molecule has 1 aromatic rings. The van der Waals surface area contributed by atoms with Gasteiger partial charge in [-0.15, -0.1) is 0 Å². The van der Waals surface area contributed by atoms with Crippen molar-refractivity contribution in [2.75, 3.05) is 19.7 Å². The van der Waals surface area contributed by atoms with E-state index in [-0.39, 0.29) is 11.5 Å². The van der Waals surface area contributed by atoms with Gasteiger partial charge in [0, 0.05) is 12.0 Å². The van der Waals surface area contributed by atoms with Crippen molar-refractivity contribution < 1.29 is 9.26 Å². The summed E-state index contributed by atoms with van der Waals surface area (Å²) in [5.74, 6) is 1.48. The molecule has 0 amide bonds. The van der Waals surface area contributed by atoms with Crippen molar-refractivity contribution in [3.8, 4) is 0 Å². The van der Waals surface area contributed by atoms with Crippen LogP contribution in [0.4, 0.5) is 0 Å². The average molecular weight is 267 g/mol. The zero-order valence-electron chi connectivity index (χ0n) is 12.2. The maximum absolute atomic E-state index is 5.70. The topological polar surface area (TPSA) is 60.2 Å². The summed E-state index contributed by atoms with van der Waals surface area (Å²) in [5.41, 5.74) is 0.0134. The zero-order chi connectivity index (χ0) is 13.7. The molecule has 0 saturated carbocycles. The van der Waals surface area contributed by atoms with E-state index in [1.165, 1.54) is 0 Å². The fourth-order valence-corrected chi connectivity index (χ4v) is 2.55. The highest BCUT2D eigenvalue weighted by Crippen LogP contribution is 2.32. The van der Waals surface area contributed by atoms with Gasteiger partial charge in [-0.25, -0.2) is 0 Å². The molecule has 108 valence electrons. The minimum absolute atomic E-state index is 0.0134. The van der Waals surface area contributed by atoms with Gasteiger partial charge in [-0.2, -0.15) is 4.98 Å². The van der Waals surface area contributed by atoms with Crippen molar-refractivity contribution >= 4 is 0 Å². The lowest BCUT2D eigenvalue weighted by Crippen LogP contribution is -2.37. The summed E-state index contributed by atoms with van der Waals surface area (Å²) in [6, 6.07) is 0. The second-order valence-corrected chi connectivity index (χ2v) is 5.50. The summed E-state index contributed by atoms with van der Waals surface area (Å²) in [7, 11) is 0. The summed E-state index contributed by atoms with van der Waals surface area (Å²) < 4.78 is 11.2. The van der Waals surface area contributed by atoms with E-state index in [0.717, 1.165) is 44.7 Å². The van der Waals surface area contributed by atoms with Crippen LogP contribution in [0.1, 0.15) is 64.3 Å². The van der Waals surface area contributed by atoms with E-state index >= 15 is 0 Å². The molecule has 0 aliphatic carbocycles. The van der Waals surface area contributed by atoms with Gasteiger partial charge in [0.05, 0.1) is 0 Å². The zero-order valence-corrected chi connectivity index (χ0v) is 12.2. The van der Waals surface area contributed by atoms with E-state index in [9.17, 15) is 0 Å². The minimum Gasteiger partial charge on any atom is -0.370 e. The molecule has 1 N–H and O–H groups in total. The number of hydrogen-bond donors (Lipinski definition) is 1. The maximum Gasteiger partial charge on any atom is 0.232 e. The van der Waals surface area contributed by atoms with Crippen LogP contribution in [0, 0.1) is 0 Å². The van der Waals surface area contributed by atoms with Gasteiger partial charge >= 0.3 is 0 Å². The summed E-state index contributed by atoms with van der Waals surface area (Å²) >= 11 is 0. The van der Waals surface area contributed by atoms with Gasteiger partial charge in [0.25, 0.3) is 0 Å². The van der Waals surface area contributed by atoms with E-state index in [0.29, 0.717) is 12.4 Å². The SMILES string of the molecule is CCCC(OCC)c1noc(C2(C)CCNCC2)n1. The first-order valence-electron chi connectivity index (χ1n) is 7.36. The number of hydrogen-bond acceptors (Lipinski definition) is 5. The second kappa shape index (κ2) is 6.48. The van der Waals surface area contributed by atoms with Crippen LogP contribution in [-0.4, -0.2) is 29.8 Å². The highest BCUT2D eigenvalue weighted by molar-refractivity contribution is 5.06. The summed E-state index contributed by atoms with van der Waals surface area (Å²) in [4.78, 5) is 4.61. The van der Waals surface area contributed by atoms with Crippen LogP contribution >= 0.6 is 0 Å². The fourth-order valence-electron chi connectivity index (χ4n) is 2.55. The molecule has 0 bridgehead atoms. The molecule has 0 aromatic carbocycles. The van der Waals surface area contributed by atoms with Crippen LogP contribution in [-0.2, 0) is 10.2 Å². The molecule has 0 spiro atoms. The Bertz CT molecular complexity index is 380. The molecule has 0 radical (unpaired) electrons. The predicted octanol–water partition coefficient (Wildman–Crippen LogP) is 2.59. The number of piperidine rings is 1. The third-order valence-electron chi connectivity index (χ3n) is 3.87. The van der Waals surface area contributed by atoms with Gasteiger partial charge in [-0.05, 0) is 39.3 Å². The van der Waals surface area contributed by atoms with Gasteiger partial charge in [0.1, 0.15) is 6.10 Å². The first-order valence-corrected chi connectivity index (χ1v) is 7.36. The first-order chi connectivity index (χ1) is 9.19. The van der Waals surface area contributed by atoms with Crippen molar-refractivity contribution in [3.05, 3.63) is 11.7 Å². The van der Waals surface area contributed by atoms with Gasteiger partial charge in [-0.3, -0.25) is 0 Å². The number of ether oxygens (including phenoxy) is 1. The van der Waals surface area contributed by atoms with E-state index in [2.05, 4.69) is 29.3 Å². The molecule has 2 heterocycles. The largest absolute Gasteiger partial charge is 0.370 e. The quantitative estimate of drug-likeness (QED) is 0.858. The molecule has 1 atom stereocenters. The fraction of sp³-hybridized carbons (Fsp3) is 0.857. The number of nitrogens with one attached hydrogen (secondary N) is 1. The third-order valence-corrected chi connectivity index (χ3v) is 3.87. The van der Waals surface area contributed by atoms with E-state index < -0.39 is 0 Å². The number of rotatable bonds is 6. The summed E-state index contributed by atoms with van der Waals surface area (Å²) in [6.07, 6.45) is 4.04. The van der Waals surface area contributed by atoms with Crippen LogP contribution in [0.2, 0.25) is 0 Å². The lowest BCUT2D eigenvalue weighted by Gasteiger charge is -2.30. The molecular weight excluding hydrogens is 242 g/mol. The Morgan fingerprint density at radius 3 is 2.74 bits per heavy atom. The van der Waals surface area contributed by atoms with Crippen LogP contribution in [0.3, 0.4) is 0 Å². The number of aromatic nitrogens is 2. The molecule has 1 aliphatic heterocycles. The molecule has 1 fully saturated rings. The molecule has 1 aliphatic rings. The van der Waals surface area contributed by atoms with Crippen molar-refractivity contribution in [3.63, 3.8) is 0 Å². The van der Waals surface area contributed by atoms with Crippen molar-refractivity contribution in [2.24, 2.45) is 0 Å². The van der Waals surface area contributed by atoms with Gasteiger partial charge in [0.2, 0.25) is 11.7 Å². The van der Waals surface area contributed by atoms with E-state index in [1.807, 2.05) is 6.92 Å². The Hall–Kier alpha value is -0.940. The Morgan fingerprint density at radius 1 is 1.37 bits per heavy atom. The van der Waals surface area contributed by atoms with Crippen molar-refractivity contribution in [1.29, 1.82) is 0 Å². The molecule has 5 heteroatoms. The molecule has 1 aromatic heterocycles. The second-order valence-electron chi connectivity index (χ2n) is 5.50. The minimum atomic E-state index is -0.0298. The Balaban J connectivity index is 2.12. The Kier molecular flexibility index (Phi) is 4.93. The summed E-state index contributed by atoms with van der Waals surface area (Å²) in [6.45, 7) is 9.05. The van der Waals surface area contributed by atoms with E-state index in [4.69, 9.17) is 9.26 Å². The van der Waals surface area contributed by atoms with Crippen LogP contribution in [0.15, 0.2) is 4.52 Å². The predicted molar refractivity (Wildman–Crippen MR) is 73.0 cm³/mol. The highest BCUT2D eigenvalue weighted by Gasteiger charge is 2.35. The standard InChI is InChI=1S/C14H25N3O2/c1-4-6-11(18-5-2)12-16-13(19-17-12)14(3)7-9-15-10-8-14/h11,15H,4-10H2,1-3H3. The highest BCUT2D eigenvalue weighted by atomic mass is 16.5. The van der Waals surface area contributed by atoms with Crippen molar-refractivity contribution in [1.82, 2.24) is 15.5 Å². The monoisotopic (exact) mass is 267 g/mol. The normalized spacial score (nSPS) is 20.4. The van der Waals surface area contributed by atoms with Crippen LogP contribution in [0.25, 0.3) is 0 Å². The molecule has 5 nitrogen and oxygen atoms in total. The molecule has 2 rings (SSSR count). The first kappa shape index (κ1) is 14.5. The average Bonchev–Trinajstić information content (AvgIpc) is 2.90. The third kappa shape index (κ3) is 3.34. The van der Waals surface area contributed by atoms with Crippen molar-refractivity contribution in [2.45, 2.75) is 58.0 Å². The molecule has 1 unspecified atom stereocenters. The Labute approximate surface area is 115 Å². The van der Waals surface area contributed by atoms with Gasteiger partial charge in [-0.1, -0.05) is 25.4 Å². The maximum atomic E-state index is 5.70. The molecule has 19 heavy (non-hydrogen) atoms. The van der Waals surface area contributed by atoms with Gasteiger partial charge < -0.3 is 14.6 Å². The van der Waals surface area contributed by atoms with E-state index in [1.54, 1.807) is 0 Å². The van der Waals surface area contributed by atoms with Crippen LogP contribution < -0.4 is 5.32 Å². The van der Waals surface area contributed by atoms with Crippen LogP contribution in [0.5, 0.6) is 0 Å². The smallest absolute Gasteiger partial charge is 0.232 e. The lowest BCUT2D eigenvalue weighted by atomic mass is 9.81. The number of nitrogens with zero attached hydrogens (tertiary/aromatic N) is 2. The molecular formula is C14H25N3O2. The molecule has 1 saturated heterocycles. The summed E-state index contributed by atoms with van der Waals surface area (Å²) in [5, 5.41) is 7.51. The lowest BCUT2D eigenvalue weighted by molar-refractivity contribution is 0.0477. The van der Waals surface area contributed by atoms with Gasteiger partial charge in [0.15, 0.2) is 0 Å².